The highest BCUT2D eigenvalue weighted by Crippen LogP contribution is 2.41. The van der Waals surface area contributed by atoms with E-state index >= 15 is 0 Å². The van der Waals surface area contributed by atoms with Crippen LogP contribution in [-0.2, 0) is 19.5 Å². The van der Waals surface area contributed by atoms with Crippen molar-refractivity contribution in [2.45, 2.75) is 134 Å². The Morgan fingerprint density at radius 2 is 0.541 bits per heavy atom. The highest BCUT2D eigenvalue weighted by molar-refractivity contribution is 6.11. The first-order valence-corrected chi connectivity index (χ1v) is 49.9. The summed E-state index contributed by atoms with van der Waals surface area (Å²) < 4.78 is 0. The van der Waals surface area contributed by atoms with Gasteiger partial charge in [-0.05, 0) is 280 Å². The number of anilines is 6. The fraction of sp³-hybridized carbons (Fsp3) is 0.149. The van der Waals surface area contributed by atoms with Crippen LogP contribution in [0.3, 0.4) is 0 Å². The van der Waals surface area contributed by atoms with Crippen LogP contribution in [0.2, 0.25) is 0 Å². The third-order valence-electron chi connectivity index (χ3n) is 25.9. The maximum absolute atomic E-state index is 4.70. The third kappa shape index (κ3) is 27.6. The van der Waals surface area contributed by atoms with E-state index in [4.69, 9.17) is 9.97 Å². The topological polar surface area (TPSA) is 150 Å². The first-order valence-electron chi connectivity index (χ1n) is 49.9. The number of aromatic nitrogens is 6. The number of nitrogens with one attached hydrogen (secondary N) is 6. The van der Waals surface area contributed by atoms with E-state index in [2.05, 4.69) is 481 Å². The molecule has 0 bridgehead atoms. The SMILES string of the molecule is C.Cc1cc(C)c(NC(Cc2ccccc2)c2ccccn2)c(C)c1.Cc1cc(C)c(NC(c2ccccc2)c2ccccn2)c(C)c1.Cc1cc(C)c(NC(c2ccccn2)c2ccccc2-c2ccccc2)c(C)c1.Cc1cc(C)c(NCc2ccccn2)c(C)c1.c1ccc(-c2ccccc2C(Nc2cccc3ccccc23)c2ccccn2)cc1.c1ccc(CNc2c3ccccc3cc3ccccc23)nc1. The predicted molar refractivity (Wildman–Crippen MR) is 618 cm³/mol. The zero-order chi connectivity index (χ0) is 101. The molecule has 15 aromatic carbocycles. The smallest absolute Gasteiger partial charge is 0.0946 e. The van der Waals surface area contributed by atoms with Crippen LogP contribution >= 0.6 is 0 Å². The lowest BCUT2D eigenvalue weighted by atomic mass is 9.92. The molecule has 4 unspecified atom stereocenters. The Bertz CT molecular complexity index is 7530. The van der Waals surface area contributed by atoms with Crippen molar-refractivity contribution in [3.8, 4) is 22.3 Å². The summed E-state index contributed by atoms with van der Waals surface area (Å²) in [6, 6.07) is 148. The zero-order valence-corrected chi connectivity index (χ0v) is 85.0. The standard InChI is InChI=1S/C28H22N2.C27H26N2.C22H24N2.C21H22N2.C20H16N2.C15H18N2.CH4/c1-2-11-21(12-3-1)23-15-6-7-17-25(23)28(27-18-8-9-20-29-27)30-26-19-10-14-22-13-4-5-16-24(22)26;1-19-17-20(2)26(21(3)18-19)29-27(25-15-9-10-16-28-25)24-14-8-7-13-23(24)22-11-5-4-6-12-22;1-16-13-17(2)22(18(3)14-16)24-21(20-11-7-8-12-23-20)15-19-9-5-4-6-10-19;1-15-13-16(2)20(17(3)14-15)23-21(18-9-5-4-6-10-18)19-11-7-8-12-22-19;1-3-10-18-15(7-1)13-16-8-2-4-11-19(16)20(18)22-14-17-9-5-6-12-21-17;1-11-8-12(2)15(13(3)9-11)17-10-14-6-4-5-7-16-14;/h1-20,28,30H;4-18,27,29H,1-3H3;4-14,21,24H,15H2,1-3H3;4-14,21,23H,1-3H3;1-13,22H,14H2;4-9,17H,10H2,1-3H3;1H4. The molecule has 0 fully saturated rings. The molecular formula is C134H132N12. The van der Waals surface area contributed by atoms with Crippen LogP contribution in [0, 0.1) is 83.1 Å². The molecule has 12 nitrogen and oxygen atoms in total. The van der Waals surface area contributed by atoms with Gasteiger partial charge in [-0.1, -0.05) is 369 Å². The Morgan fingerprint density at radius 1 is 0.226 bits per heavy atom. The minimum Gasteiger partial charge on any atom is -0.379 e. The fourth-order valence-corrected chi connectivity index (χ4v) is 19.4. The van der Waals surface area contributed by atoms with Crippen LogP contribution in [0.25, 0.3) is 54.6 Å². The molecule has 0 amide bonds. The lowest BCUT2D eigenvalue weighted by molar-refractivity contribution is 0.744. The third-order valence-corrected chi connectivity index (χ3v) is 25.9. The van der Waals surface area contributed by atoms with E-state index in [1.807, 2.05) is 116 Å². The van der Waals surface area contributed by atoms with Gasteiger partial charge in [0, 0.05) is 81.8 Å². The Balaban J connectivity index is 0.000000132. The van der Waals surface area contributed by atoms with Gasteiger partial charge in [-0.25, -0.2) is 0 Å². The summed E-state index contributed by atoms with van der Waals surface area (Å²) in [7, 11) is 0. The van der Waals surface area contributed by atoms with Crippen molar-refractivity contribution in [1.82, 2.24) is 29.9 Å². The summed E-state index contributed by atoms with van der Waals surface area (Å²) in [6.07, 6.45) is 12.0. The Hall–Kier alpha value is -17.2. The van der Waals surface area contributed by atoms with Gasteiger partial charge in [0.15, 0.2) is 0 Å². The quantitative estimate of drug-likeness (QED) is 0.0303. The first-order chi connectivity index (χ1) is 70.9. The van der Waals surface area contributed by atoms with Crippen molar-refractivity contribution < 1.29 is 0 Å². The molecule has 4 atom stereocenters. The number of rotatable bonds is 25. The average molecular weight is 1910 g/mol. The van der Waals surface area contributed by atoms with E-state index in [1.54, 1.807) is 0 Å². The average Bonchev–Trinajstić information content (AvgIpc) is 0.771. The van der Waals surface area contributed by atoms with Crippen LogP contribution in [0.1, 0.15) is 155 Å². The minimum atomic E-state index is -0.0755. The molecule has 12 heteroatoms. The summed E-state index contributed by atoms with van der Waals surface area (Å²) in [6.45, 7) is 27.3. The van der Waals surface area contributed by atoms with Crippen LogP contribution in [0.4, 0.5) is 34.1 Å². The predicted octanol–water partition coefficient (Wildman–Crippen LogP) is 33.8. The molecule has 0 radical (unpaired) electrons. The van der Waals surface area contributed by atoms with Gasteiger partial charge < -0.3 is 31.9 Å². The second-order valence-electron chi connectivity index (χ2n) is 37.1. The molecule has 0 spiro atoms. The van der Waals surface area contributed by atoms with E-state index in [0.29, 0.717) is 0 Å². The molecule has 6 N–H and O–H groups in total. The van der Waals surface area contributed by atoms with Gasteiger partial charge in [-0.3, -0.25) is 29.9 Å². The van der Waals surface area contributed by atoms with E-state index < -0.39 is 0 Å². The van der Waals surface area contributed by atoms with Crippen LogP contribution < -0.4 is 31.9 Å². The van der Waals surface area contributed by atoms with Gasteiger partial charge in [-0.2, -0.15) is 0 Å². The van der Waals surface area contributed by atoms with E-state index in [1.165, 1.54) is 172 Å². The monoisotopic (exact) mass is 1910 g/mol. The lowest BCUT2D eigenvalue weighted by Gasteiger charge is -2.25. The number of hydrogen-bond donors (Lipinski definition) is 6. The van der Waals surface area contributed by atoms with Crippen molar-refractivity contribution in [3.63, 3.8) is 0 Å². The number of hydrogen-bond acceptors (Lipinski definition) is 12. The molecular weight excluding hydrogens is 1780 g/mol. The highest BCUT2D eigenvalue weighted by Gasteiger charge is 2.25. The summed E-state index contributed by atoms with van der Waals surface area (Å²) in [5.74, 6) is 0. The highest BCUT2D eigenvalue weighted by atomic mass is 15.0. The minimum absolute atomic E-state index is 0. The number of benzene rings is 15. The molecule has 0 saturated heterocycles. The molecule has 728 valence electrons. The second-order valence-corrected chi connectivity index (χ2v) is 37.1. The van der Waals surface area contributed by atoms with Gasteiger partial charge in [-0.15, -0.1) is 0 Å². The number of pyridine rings is 6. The fourth-order valence-electron chi connectivity index (χ4n) is 19.4. The molecule has 21 aromatic rings. The largest absolute Gasteiger partial charge is 0.379 e. The molecule has 146 heavy (non-hydrogen) atoms. The van der Waals surface area contributed by atoms with Gasteiger partial charge in [0.25, 0.3) is 0 Å². The van der Waals surface area contributed by atoms with E-state index in [0.717, 1.165) is 59.4 Å². The number of fused-ring (bicyclic) bond motifs is 3. The Kier molecular flexibility index (Phi) is 36.4. The van der Waals surface area contributed by atoms with E-state index in [-0.39, 0.29) is 31.6 Å². The maximum atomic E-state index is 4.70. The summed E-state index contributed by atoms with van der Waals surface area (Å²) in [4.78, 5) is 27.3. The van der Waals surface area contributed by atoms with Crippen molar-refractivity contribution in [2.24, 2.45) is 0 Å². The van der Waals surface area contributed by atoms with Gasteiger partial charge >= 0.3 is 0 Å². The second kappa shape index (κ2) is 51.5. The Morgan fingerprint density at radius 3 is 0.959 bits per heavy atom. The number of nitrogens with zero attached hydrogens (tertiary/aromatic N) is 6. The van der Waals surface area contributed by atoms with E-state index in [9.17, 15) is 0 Å². The van der Waals surface area contributed by atoms with Crippen molar-refractivity contribution >= 4 is 66.4 Å². The molecule has 0 aliphatic heterocycles. The van der Waals surface area contributed by atoms with Gasteiger partial charge in [0.1, 0.15) is 0 Å². The molecule has 0 saturated carbocycles. The van der Waals surface area contributed by atoms with Gasteiger partial charge in [0.2, 0.25) is 0 Å². The molecule has 0 aliphatic rings. The molecule has 21 rings (SSSR count). The first kappa shape index (κ1) is 103. The maximum Gasteiger partial charge on any atom is 0.0946 e. The number of aryl methyl sites for hydroxylation is 12. The van der Waals surface area contributed by atoms with Crippen molar-refractivity contribution in [2.75, 3.05) is 31.9 Å². The normalized spacial score (nSPS) is 11.5. The van der Waals surface area contributed by atoms with Crippen LogP contribution in [0.5, 0.6) is 0 Å². The van der Waals surface area contributed by atoms with Gasteiger partial charge in [0.05, 0.1) is 77.1 Å². The van der Waals surface area contributed by atoms with Crippen molar-refractivity contribution in [1.29, 1.82) is 0 Å². The summed E-state index contributed by atoms with van der Waals surface area (Å²) >= 11 is 0. The molecule has 0 aliphatic carbocycles. The molecule has 6 heterocycles. The summed E-state index contributed by atoms with van der Waals surface area (Å²) in [5, 5.41) is 29.6. The van der Waals surface area contributed by atoms with Crippen molar-refractivity contribution in [3.05, 3.63) is 585 Å². The summed E-state index contributed by atoms with van der Waals surface area (Å²) in [5.41, 5.74) is 38.4. The zero-order valence-electron chi connectivity index (χ0n) is 85.0. The Labute approximate surface area is 863 Å². The lowest BCUT2D eigenvalue weighted by Crippen LogP contribution is -2.16. The van der Waals surface area contributed by atoms with Crippen LogP contribution in [0.15, 0.2) is 462 Å². The van der Waals surface area contributed by atoms with Crippen LogP contribution in [-0.4, -0.2) is 29.9 Å². The molecule has 6 aromatic heterocycles.